The van der Waals surface area contributed by atoms with Crippen LogP contribution in [0.4, 0.5) is 10.1 Å². The van der Waals surface area contributed by atoms with Gasteiger partial charge in [0.1, 0.15) is 5.82 Å². The molecule has 6 heteroatoms. The van der Waals surface area contributed by atoms with Gasteiger partial charge in [-0.05, 0) is 37.7 Å². The van der Waals surface area contributed by atoms with E-state index in [0.717, 1.165) is 18.3 Å². The Bertz CT molecular complexity index is 640. The van der Waals surface area contributed by atoms with Crippen molar-refractivity contribution in [3.8, 4) is 0 Å². The Hall–Kier alpha value is -2.21. The molecule has 0 bridgehead atoms. The number of nitrogens with one attached hydrogen (secondary N) is 1. The van der Waals surface area contributed by atoms with E-state index in [0.29, 0.717) is 5.56 Å². The van der Waals surface area contributed by atoms with Gasteiger partial charge >= 0.3 is 0 Å². The number of aromatic nitrogens is 1. The van der Waals surface area contributed by atoms with Crippen molar-refractivity contribution < 1.29 is 9.31 Å². The molecule has 21 heavy (non-hydrogen) atoms. The number of nitro benzene ring substituents is 1. The average Bonchev–Trinajstić information content (AvgIpc) is 2.87. The largest absolute Gasteiger partial charge is 0.345 e. The maximum absolute atomic E-state index is 13.4. The maximum Gasteiger partial charge on any atom is 0.274 e. The molecule has 0 spiro atoms. The Morgan fingerprint density at radius 3 is 2.86 bits per heavy atom. The fourth-order valence-corrected chi connectivity index (χ4v) is 2.42. The van der Waals surface area contributed by atoms with Crippen molar-refractivity contribution in [1.82, 2.24) is 9.88 Å². The Morgan fingerprint density at radius 1 is 1.43 bits per heavy atom. The van der Waals surface area contributed by atoms with Gasteiger partial charge in [0, 0.05) is 24.0 Å². The molecule has 0 aliphatic rings. The Kier molecular flexibility index (Phi) is 4.70. The van der Waals surface area contributed by atoms with Crippen LogP contribution >= 0.6 is 0 Å². The summed E-state index contributed by atoms with van der Waals surface area (Å²) in [5.41, 5.74) is 1.31. The Labute approximate surface area is 122 Å². The van der Waals surface area contributed by atoms with E-state index in [-0.39, 0.29) is 18.3 Å². The summed E-state index contributed by atoms with van der Waals surface area (Å²) in [6.07, 6.45) is 1.85. The van der Waals surface area contributed by atoms with Crippen molar-refractivity contribution in [3.63, 3.8) is 0 Å². The summed E-state index contributed by atoms with van der Waals surface area (Å²) < 4.78 is 15.3. The number of halogens is 1. The zero-order valence-corrected chi connectivity index (χ0v) is 12.0. The van der Waals surface area contributed by atoms with Crippen molar-refractivity contribution in [1.29, 1.82) is 0 Å². The van der Waals surface area contributed by atoms with Gasteiger partial charge in [0.2, 0.25) is 0 Å². The van der Waals surface area contributed by atoms with E-state index in [4.69, 9.17) is 0 Å². The summed E-state index contributed by atoms with van der Waals surface area (Å²) in [6, 6.07) is 7.51. The molecule has 0 saturated carbocycles. The monoisotopic (exact) mass is 291 g/mol. The molecule has 0 radical (unpaired) electrons. The maximum atomic E-state index is 13.4. The lowest BCUT2D eigenvalue weighted by Crippen LogP contribution is -2.21. The topological polar surface area (TPSA) is 60.1 Å². The zero-order chi connectivity index (χ0) is 15.4. The number of nitro groups is 1. The first-order valence-electron chi connectivity index (χ1n) is 6.84. The fourth-order valence-electron chi connectivity index (χ4n) is 2.42. The third-order valence-corrected chi connectivity index (χ3v) is 3.40. The molecule has 1 unspecified atom stereocenters. The SMILES string of the molecule is CCNC(C)c1cccn1Cc1cc(F)ccc1[N+](=O)[O-]. The normalized spacial score (nSPS) is 12.3. The van der Waals surface area contributed by atoms with E-state index in [1.807, 2.05) is 36.7 Å². The van der Waals surface area contributed by atoms with Crippen LogP contribution in [0.25, 0.3) is 0 Å². The van der Waals surface area contributed by atoms with Gasteiger partial charge in [0.05, 0.1) is 17.0 Å². The van der Waals surface area contributed by atoms with E-state index in [9.17, 15) is 14.5 Å². The van der Waals surface area contributed by atoms with Crippen molar-refractivity contribution >= 4 is 5.69 Å². The molecule has 1 aromatic heterocycles. The molecule has 2 aromatic rings. The standard InChI is InChI=1S/C15H18FN3O2/c1-3-17-11(2)14-5-4-8-18(14)10-12-9-13(16)6-7-15(12)19(20)21/h4-9,11,17H,3,10H2,1-2H3. The van der Waals surface area contributed by atoms with E-state index in [1.54, 1.807) is 0 Å². The van der Waals surface area contributed by atoms with Crippen LogP contribution in [0.15, 0.2) is 36.5 Å². The van der Waals surface area contributed by atoms with E-state index in [1.165, 1.54) is 12.1 Å². The molecular formula is C15H18FN3O2. The lowest BCUT2D eigenvalue weighted by molar-refractivity contribution is -0.385. The number of rotatable bonds is 6. The van der Waals surface area contributed by atoms with Crippen LogP contribution in [0.5, 0.6) is 0 Å². The second-order valence-electron chi connectivity index (χ2n) is 4.87. The van der Waals surface area contributed by atoms with Gasteiger partial charge < -0.3 is 9.88 Å². The summed E-state index contributed by atoms with van der Waals surface area (Å²) in [7, 11) is 0. The molecule has 1 aromatic carbocycles. The minimum absolute atomic E-state index is 0.0628. The summed E-state index contributed by atoms with van der Waals surface area (Å²) >= 11 is 0. The predicted octanol–water partition coefficient (Wildman–Crippen LogP) is 3.25. The van der Waals surface area contributed by atoms with E-state index < -0.39 is 10.7 Å². The van der Waals surface area contributed by atoms with Gasteiger partial charge in [0.25, 0.3) is 5.69 Å². The van der Waals surface area contributed by atoms with Crippen molar-refractivity contribution in [2.45, 2.75) is 26.4 Å². The van der Waals surface area contributed by atoms with Crippen molar-refractivity contribution in [2.24, 2.45) is 0 Å². The highest BCUT2D eigenvalue weighted by Crippen LogP contribution is 2.23. The lowest BCUT2D eigenvalue weighted by atomic mass is 10.1. The number of hydrogen-bond acceptors (Lipinski definition) is 3. The summed E-state index contributed by atoms with van der Waals surface area (Å²) in [5, 5.41) is 14.3. The first kappa shape index (κ1) is 15.2. The lowest BCUT2D eigenvalue weighted by Gasteiger charge is -2.16. The number of hydrogen-bond donors (Lipinski definition) is 1. The molecule has 112 valence electrons. The average molecular weight is 291 g/mol. The first-order chi connectivity index (χ1) is 10.0. The third kappa shape index (κ3) is 3.46. The quantitative estimate of drug-likeness (QED) is 0.656. The van der Waals surface area contributed by atoms with Crippen LogP contribution in [0.1, 0.15) is 31.1 Å². The molecule has 5 nitrogen and oxygen atoms in total. The third-order valence-electron chi connectivity index (χ3n) is 3.40. The minimum Gasteiger partial charge on any atom is -0.345 e. The molecule has 2 rings (SSSR count). The molecule has 0 aliphatic heterocycles. The molecule has 1 heterocycles. The Balaban J connectivity index is 2.33. The fraction of sp³-hybridized carbons (Fsp3) is 0.333. The number of benzene rings is 1. The van der Waals surface area contributed by atoms with Gasteiger partial charge in [-0.15, -0.1) is 0 Å². The second-order valence-corrected chi connectivity index (χ2v) is 4.87. The second kappa shape index (κ2) is 6.49. The highest BCUT2D eigenvalue weighted by molar-refractivity contribution is 5.40. The van der Waals surface area contributed by atoms with E-state index >= 15 is 0 Å². The van der Waals surface area contributed by atoms with Gasteiger partial charge in [0.15, 0.2) is 0 Å². The summed E-state index contributed by atoms with van der Waals surface area (Å²) in [4.78, 5) is 10.6. The molecule has 1 atom stereocenters. The molecule has 0 fully saturated rings. The summed E-state index contributed by atoms with van der Waals surface area (Å²) in [5.74, 6) is -0.468. The number of nitrogens with zero attached hydrogens (tertiary/aromatic N) is 2. The van der Waals surface area contributed by atoms with Crippen LogP contribution in [0.3, 0.4) is 0 Å². The molecule has 0 aliphatic carbocycles. The molecule has 0 amide bonds. The van der Waals surface area contributed by atoms with Gasteiger partial charge in [-0.25, -0.2) is 4.39 Å². The molecule has 0 saturated heterocycles. The summed E-state index contributed by atoms with van der Waals surface area (Å²) in [6.45, 7) is 5.13. The predicted molar refractivity (Wildman–Crippen MR) is 78.7 cm³/mol. The first-order valence-corrected chi connectivity index (χ1v) is 6.84. The van der Waals surface area contributed by atoms with Crippen LogP contribution < -0.4 is 5.32 Å². The smallest absolute Gasteiger partial charge is 0.274 e. The van der Waals surface area contributed by atoms with Crippen LogP contribution in [0.2, 0.25) is 0 Å². The van der Waals surface area contributed by atoms with Gasteiger partial charge in [-0.3, -0.25) is 10.1 Å². The molecule has 1 N–H and O–H groups in total. The Morgan fingerprint density at radius 2 is 2.19 bits per heavy atom. The van der Waals surface area contributed by atoms with Gasteiger partial charge in [-0.1, -0.05) is 6.92 Å². The van der Waals surface area contributed by atoms with Crippen molar-refractivity contribution in [3.05, 3.63) is 63.7 Å². The van der Waals surface area contributed by atoms with Crippen LogP contribution in [-0.4, -0.2) is 16.0 Å². The van der Waals surface area contributed by atoms with E-state index in [2.05, 4.69) is 5.32 Å². The van der Waals surface area contributed by atoms with Gasteiger partial charge in [-0.2, -0.15) is 0 Å². The highest BCUT2D eigenvalue weighted by atomic mass is 19.1. The van der Waals surface area contributed by atoms with Crippen LogP contribution in [0, 0.1) is 15.9 Å². The highest BCUT2D eigenvalue weighted by Gasteiger charge is 2.16. The zero-order valence-electron chi connectivity index (χ0n) is 12.0. The minimum atomic E-state index is -0.480. The van der Waals surface area contributed by atoms with Crippen molar-refractivity contribution in [2.75, 3.05) is 6.54 Å². The van der Waals surface area contributed by atoms with Crippen LogP contribution in [-0.2, 0) is 6.54 Å². The molecular weight excluding hydrogens is 273 g/mol.